The van der Waals surface area contributed by atoms with Crippen molar-refractivity contribution < 1.29 is 92.1 Å². The molecule has 0 fully saturated rings. The van der Waals surface area contributed by atoms with E-state index in [1.165, 1.54) is 172 Å². The Labute approximate surface area is 685 Å². The molecule has 4 N–H and O–H groups in total. The van der Waals surface area contributed by atoms with E-state index >= 15 is 0 Å². The highest BCUT2D eigenvalue weighted by Crippen LogP contribution is 2.35. The predicted molar refractivity (Wildman–Crippen MR) is 458 cm³/mol. The molecule has 0 bridgehead atoms. The maximum atomic E-state index is 12.5. The Morgan fingerprint density at radius 1 is 0.422 bits per heavy atom. The number of hydrogen-bond acceptors (Lipinski definition) is 22. The number of ether oxygens (including phenoxy) is 4. The smallest absolute Gasteiger partial charge is 0.333 e. The number of carbonyl (C=O) groups is 11. The zero-order chi connectivity index (χ0) is 84.6. The third kappa shape index (κ3) is 64.3. The molecule has 0 aliphatic carbocycles. The van der Waals surface area contributed by atoms with Crippen LogP contribution in [-0.2, 0) is 71.7 Å². The number of aliphatic hydroxyl groups is 1. The van der Waals surface area contributed by atoms with Crippen LogP contribution in [0.4, 0.5) is 0 Å². The number of carbonyl (C=O) groups excluding carboxylic acids is 8. The Morgan fingerprint density at radius 3 is 1.06 bits per heavy atom. The molecule has 0 aliphatic heterocycles. The summed E-state index contributed by atoms with van der Waals surface area (Å²) in [4.78, 5) is 132. The summed E-state index contributed by atoms with van der Waals surface area (Å²) in [5.74, 6) is -2.86. The highest BCUT2D eigenvalue weighted by molar-refractivity contribution is 8.48. The van der Waals surface area contributed by atoms with Gasteiger partial charge < -0.3 is 59.0 Å². The van der Waals surface area contributed by atoms with E-state index in [0.717, 1.165) is 25.0 Å². The number of nitrogens with zero attached hydrogens (tertiary/aromatic N) is 4. The molecule has 4 amide bonds. The lowest BCUT2D eigenvalue weighted by Gasteiger charge is -2.27. The van der Waals surface area contributed by atoms with Crippen molar-refractivity contribution in [2.45, 2.75) is 294 Å². The molecule has 0 saturated carbocycles. The highest BCUT2D eigenvalue weighted by atomic mass is 32.2. The monoisotopic (exact) mass is 1660 g/mol. The largest absolute Gasteiger partial charge is 0.481 e. The lowest BCUT2D eigenvalue weighted by Crippen LogP contribution is -2.37. The van der Waals surface area contributed by atoms with Crippen LogP contribution in [-0.4, -0.2) is 223 Å². The number of amides is 4. The Morgan fingerprint density at radius 2 is 0.734 bits per heavy atom. The third-order valence-electron chi connectivity index (χ3n) is 16.7. The molecular weight excluding hydrogens is 1510 g/mol. The highest BCUT2D eigenvalue weighted by Gasteiger charge is 2.37. The lowest BCUT2D eigenvalue weighted by atomic mass is 9.87. The zero-order valence-corrected chi connectivity index (χ0v) is 75.0. The van der Waals surface area contributed by atoms with Gasteiger partial charge in [0.1, 0.15) is 44.3 Å². The van der Waals surface area contributed by atoms with Gasteiger partial charge in [-0.3, -0.25) is 43.2 Å². The molecule has 109 heavy (non-hydrogen) atoms. The first kappa shape index (κ1) is 115. The van der Waals surface area contributed by atoms with Crippen LogP contribution in [0.25, 0.3) is 0 Å². The average Bonchev–Trinajstić information content (AvgIpc) is 0.851. The minimum atomic E-state index is -1.11. The van der Waals surface area contributed by atoms with Gasteiger partial charge >= 0.3 is 41.8 Å². The number of rotatable bonds is 50. The molecule has 636 valence electrons. The standard InChI is InChI=1S/C22H41NO3S3.C17H32O2S3.C16H27NO6.C15H25NO5.C9H17NO3.CH4/c1-6-7-8-9-10-11-12-13-14-15-16-28-21(27)29-18(19(24)23(4)5)17-22(2,3)20(25)26;1-4-5-6-7-8-9-10-11-12-13-14-21-16(20)22-17(2,3)15(18)19;1-11(2)14(20)22-9-12(18)10-23-15(21)16(3,4)8-7-13(19)17(5)6;1-11(2)13(18)20-9-10-21-14(19)15(3,4)8-7-12(17)16(5)6;1-9(2,8(12)13)6-5-7(11)10(3)4;/h18H,6-17H2,1-5H3,(H,25,26);4-14H2,1-3H3,(H,18,19);12,18H,1,7-10H2,2-6H3;1,7-10H2,2-6H3;5-6H2,1-4H3,(H,12,13);1H4. The molecule has 0 aromatic carbocycles. The molecule has 29 heteroatoms. The van der Waals surface area contributed by atoms with Gasteiger partial charge in [0.05, 0.1) is 26.9 Å². The first-order chi connectivity index (χ1) is 49.8. The van der Waals surface area contributed by atoms with Gasteiger partial charge in [-0.25, -0.2) is 9.59 Å². The molecule has 0 rings (SSSR count). The normalized spacial score (nSPS) is 11.7. The summed E-state index contributed by atoms with van der Waals surface area (Å²) in [6.45, 7) is 30.6. The molecule has 0 heterocycles. The van der Waals surface area contributed by atoms with Crippen LogP contribution in [0, 0.1) is 21.7 Å². The molecule has 2 atom stereocenters. The second kappa shape index (κ2) is 64.6. The fourth-order valence-corrected chi connectivity index (χ4v) is 14.5. The van der Waals surface area contributed by atoms with E-state index in [4.69, 9.17) is 53.6 Å². The number of carboxylic acids is 3. The van der Waals surface area contributed by atoms with Crippen molar-refractivity contribution in [2.75, 3.05) is 94.3 Å². The van der Waals surface area contributed by atoms with Gasteiger partial charge in [0.2, 0.25) is 23.6 Å². The summed E-state index contributed by atoms with van der Waals surface area (Å²) in [7, 11) is 13.4. The summed E-state index contributed by atoms with van der Waals surface area (Å²) in [6.07, 6.45) is 27.5. The maximum absolute atomic E-state index is 12.5. The molecule has 2 unspecified atom stereocenters. The van der Waals surface area contributed by atoms with E-state index < -0.39 is 79.5 Å². The number of unbranched alkanes of at least 4 members (excludes halogenated alkanes) is 18. The van der Waals surface area contributed by atoms with Gasteiger partial charge in [0, 0.05) is 86.8 Å². The molecular formula is C80H146N4O19S6. The fourth-order valence-electron chi connectivity index (χ4n) is 8.48. The lowest BCUT2D eigenvalue weighted by molar-refractivity contribution is -0.160. The summed E-state index contributed by atoms with van der Waals surface area (Å²) in [6, 6.07) is 0. The quantitative estimate of drug-likeness (QED) is 0.0145. The van der Waals surface area contributed by atoms with Crippen molar-refractivity contribution in [2.24, 2.45) is 21.7 Å². The van der Waals surface area contributed by atoms with Gasteiger partial charge in [0.25, 0.3) is 0 Å². The van der Waals surface area contributed by atoms with E-state index in [1.54, 1.807) is 156 Å². The number of hydrogen-bond donors (Lipinski definition) is 4. The van der Waals surface area contributed by atoms with Gasteiger partial charge in [-0.2, -0.15) is 0 Å². The number of aliphatic hydroxyl groups excluding tert-OH is 1. The number of carboxylic acid groups (broad SMARTS) is 3. The molecule has 0 aromatic rings. The van der Waals surface area contributed by atoms with Crippen LogP contribution < -0.4 is 0 Å². The van der Waals surface area contributed by atoms with Crippen LogP contribution in [0.3, 0.4) is 0 Å². The first-order valence-corrected chi connectivity index (χ1v) is 42.2. The second-order valence-electron chi connectivity index (χ2n) is 30.7. The van der Waals surface area contributed by atoms with E-state index in [2.05, 4.69) is 27.0 Å². The van der Waals surface area contributed by atoms with Crippen LogP contribution in [0.15, 0.2) is 24.3 Å². The Bertz CT molecular complexity index is 2720. The van der Waals surface area contributed by atoms with Crippen molar-refractivity contribution in [3.05, 3.63) is 24.3 Å². The van der Waals surface area contributed by atoms with Gasteiger partial charge in [0.15, 0.2) is 0 Å². The van der Waals surface area contributed by atoms with Gasteiger partial charge in [-0.05, 0) is 133 Å². The van der Waals surface area contributed by atoms with Crippen molar-refractivity contribution in [1.82, 2.24) is 19.6 Å². The zero-order valence-electron chi connectivity index (χ0n) is 70.1. The number of aliphatic carboxylic acids is 3. The first-order valence-electron chi connectivity index (χ1n) is 37.7. The number of thiocarbonyl (C=S) groups is 2. The van der Waals surface area contributed by atoms with Crippen molar-refractivity contribution in [3.8, 4) is 0 Å². The number of thioether (sulfide) groups is 4. The summed E-state index contributed by atoms with van der Waals surface area (Å²) < 4.78 is 20.3. The SMILES string of the molecule is C.C=C(C)C(=O)OCC(O)COC(=O)C(C)(C)CCC(=O)N(C)C.C=C(C)C(=O)OCCOC(=O)C(C)(C)CCC(=O)N(C)C.CCCCCCCCCCCCSC(=S)SC(C)(C)C(=O)O.CCCCCCCCCCCCSC(=S)SC(CC(C)(C)C(=O)O)C(=O)N(C)C.CN(C)C(=O)CCC(C)(C)C(=O)O. The Hall–Kier alpha value is -4.81. The maximum Gasteiger partial charge on any atom is 0.333 e. The molecule has 0 saturated heterocycles. The number of esters is 4. The van der Waals surface area contributed by atoms with E-state index in [-0.39, 0.29) is 88.7 Å². The minimum absolute atomic E-state index is 0. The van der Waals surface area contributed by atoms with Gasteiger partial charge in [-0.15, -0.1) is 23.5 Å². The van der Waals surface area contributed by atoms with E-state index in [0.29, 0.717) is 24.8 Å². The summed E-state index contributed by atoms with van der Waals surface area (Å²) in [5, 5.41) is 36.4. The van der Waals surface area contributed by atoms with Crippen LogP contribution in [0.5, 0.6) is 0 Å². The third-order valence-corrected chi connectivity index (χ3v) is 22.3. The van der Waals surface area contributed by atoms with Crippen molar-refractivity contribution in [3.63, 3.8) is 0 Å². The van der Waals surface area contributed by atoms with Gasteiger partial charge in [-0.1, -0.05) is 198 Å². The van der Waals surface area contributed by atoms with E-state index in [1.807, 2.05) is 0 Å². The second-order valence-corrected chi connectivity index (χ2v) is 38.1. The average molecular weight is 1660 g/mol. The van der Waals surface area contributed by atoms with Crippen molar-refractivity contribution >= 4 is 144 Å². The topological polar surface area (TPSA) is 319 Å². The Balaban J connectivity index is -0.000000309. The predicted octanol–water partition coefficient (Wildman–Crippen LogP) is 17.2. The van der Waals surface area contributed by atoms with Crippen LogP contribution in [0.1, 0.15) is 278 Å². The fraction of sp³-hybridized carbons (Fsp3) is 0.787. The van der Waals surface area contributed by atoms with Crippen LogP contribution >= 0.6 is 71.5 Å². The molecule has 0 aromatic heterocycles. The van der Waals surface area contributed by atoms with Crippen molar-refractivity contribution in [1.29, 1.82) is 0 Å². The molecule has 0 aliphatic rings. The minimum Gasteiger partial charge on any atom is -0.481 e. The van der Waals surface area contributed by atoms with E-state index in [9.17, 15) is 63.0 Å². The molecule has 0 spiro atoms. The Kier molecular flexibility index (Phi) is 68.2. The van der Waals surface area contributed by atoms with Crippen LogP contribution in [0.2, 0.25) is 0 Å². The summed E-state index contributed by atoms with van der Waals surface area (Å²) in [5.41, 5.74) is -2.86. The molecule has 0 radical (unpaired) electrons. The molecule has 23 nitrogen and oxygen atoms in total. The summed E-state index contributed by atoms with van der Waals surface area (Å²) >= 11 is 16.6.